The predicted molar refractivity (Wildman–Crippen MR) is 101 cm³/mol. The number of benzene rings is 2. The Kier molecular flexibility index (Phi) is 4.29. The molecule has 118 valence electrons. The van der Waals surface area contributed by atoms with Gasteiger partial charge in [0.15, 0.2) is 4.34 Å². The zero-order valence-electron chi connectivity index (χ0n) is 12.3. The zero-order valence-corrected chi connectivity index (χ0v) is 14.7. The van der Waals surface area contributed by atoms with Crippen molar-refractivity contribution in [2.24, 2.45) is 4.99 Å². The van der Waals surface area contributed by atoms with E-state index in [1.807, 2.05) is 35.7 Å². The van der Waals surface area contributed by atoms with E-state index in [9.17, 15) is 5.11 Å². The number of fused-ring (bicyclic) bond motifs is 1. The molecule has 0 saturated heterocycles. The van der Waals surface area contributed by atoms with Crippen molar-refractivity contribution >= 4 is 56.0 Å². The number of hydrogen-bond acceptors (Lipinski definition) is 7. The Bertz CT molecular complexity index is 990. The van der Waals surface area contributed by atoms with E-state index >= 15 is 0 Å². The number of hydrogen-bond donors (Lipinski definition) is 1. The first-order valence-corrected chi connectivity index (χ1v) is 9.60. The summed E-state index contributed by atoms with van der Waals surface area (Å²) in [6.45, 7) is 0. The molecule has 0 radical (unpaired) electrons. The lowest BCUT2D eigenvalue weighted by molar-refractivity contribution is 0.474. The smallest absolute Gasteiger partial charge is 0.210 e. The van der Waals surface area contributed by atoms with Crippen molar-refractivity contribution in [2.75, 3.05) is 0 Å². The fourth-order valence-corrected chi connectivity index (χ4v) is 4.82. The number of nitrogens with zero attached hydrogens (tertiary/aromatic N) is 3. The first-order chi connectivity index (χ1) is 11.8. The summed E-state index contributed by atoms with van der Waals surface area (Å²) in [5.74, 6) is 0.210. The van der Waals surface area contributed by atoms with Crippen molar-refractivity contribution in [3.63, 3.8) is 0 Å². The zero-order chi connectivity index (χ0) is 16.4. The van der Waals surface area contributed by atoms with Gasteiger partial charge in [-0.1, -0.05) is 24.3 Å². The van der Waals surface area contributed by atoms with Crippen LogP contribution in [0.4, 0.5) is 5.13 Å². The Morgan fingerprint density at radius 3 is 2.75 bits per heavy atom. The number of aromatic hydroxyl groups is 1. The third kappa shape index (κ3) is 3.33. The predicted octanol–water partition coefficient (Wildman–Crippen LogP) is 5.36. The summed E-state index contributed by atoms with van der Waals surface area (Å²) in [5.41, 5.74) is 1.69. The van der Waals surface area contributed by atoms with E-state index in [2.05, 4.69) is 21.0 Å². The van der Waals surface area contributed by atoms with Crippen LogP contribution in [-0.2, 0) is 0 Å². The fraction of sp³-hybridized carbons (Fsp3) is 0. The van der Waals surface area contributed by atoms with Gasteiger partial charge in [0.1, 0.15) is 10.8 Å². The van der Waals surface area contributed by atoms with Gasteiger partial charge in [0.25, 0.3) is 0 Å². The minimum absolute atomic E-state index is 0.210. The van der Waals surface area contributed by atoms with Crippen LogP contribution in [0.5, 0.6) is 5.75 Å². The summed E-state index contributed by atoms with van der Waals surface area (Å²) in [6, 6.07) is 15.2. The third-order valence-electron chi connectivity index (χ3n) is 3.19. The molecular formula is C17H11N3OS3. The Morgan fingerprint density at radius 1 is 1.04 bits per heavy atom. The second kappa shape index (κ2) is 6.72. The van der Waals surface area contributed by atoms with Crippen LogP contribution in [0.3, 0.4) is 0 Å². The van der Waals surface area contributed by atoms with Crippen molar-refractivity contribution in [3.05, 3.63) is 59.5 Å². The van der Waals surface area contributed by atoms with Gasteiger partial charge in [0, 0.05) is 17.2 Å². The maximum Gasteiger partial charge on any atom is 0.210 e. The number of thiazole rings is 2. The molecule has 0 aliphatic rings. The van der Waals surface area contributed by atoms with Gasteiger partial charge in [-0.05, 0) is 36.0 Å². The molecule has 0 amide bonds. The van der Waals surface area contributed by atoms with E-state index in [0.717, 1.165) is 14.9 Å². The van der Waals surface area contributed by atoms with Crippen LogP contribution in [0.2, 0.25) is 0 Å². The quantitative estimate of drug-likeness (QED) is 0.492. The van der Waals surface area contributed by atoms with E-state index in [4.69, 9.17) is 0 Å². The monoisotopic (exact) mass is 369 g/mol. The number of phenols is 1. The van der Waals surface area contributed by atoms with Gasteiger partial charge in [0.05, 0.1) is 10.2 Å². The molecule has 7 heteroatoms. The standard InChI is InChI=1S/C17H11N3OS3/c21-13-7-3-1-5-11(13)9-18-16-20-15(10-22-16)24-17-19-12-6-2-4-8-14(12)23-17/h1-10,21H/b18-9+. The summed E-state index contributed by atoms with van der Waals surface area (Å²) in [6.07, 6.45) is 1.63. The fourth-order valence-electron chi connectivity index (χ4n) is 2.06. The molecule has 0 aliphatic heterocycles. The molecule has 2 heterocycles. The Morgan fingerprint density at radius 2 is 1.88 bits per heavy atom. The lowest BCUT2D eigenvalue weighted by atomic mass is 10.2. The first kappa shape index (κ1) is 15.3. The highest BCUT2D eigenvalue weighted by atomic mass is 32.2. The largest absolute Gasteiger partial charge is 0.507 e. The lowest BCUT2D eigenvalue weighted by Gasteiger charge is -1.95. The molecular weight excluding hydrogens is 358 g/mol. The van der Waals surface area contributed by atoms with E-state index in [-0.39, 0.29) is 5.75 Å². The average Bonchev–Trinajstić information content (AvgIpc) is 3.20. The molecule has 4 nitrogen and oxygen atoms in total. The molecule has 2 aromatic carbocycles. The van der Waals surface area contributed by atoms with Crippen molar-refractivity contribution in [2.45, 2.75) is 9.37 Å². The minimum Gasteiger partial charge on any atom is -0.507 e. The minimum atomic E-state index is 0.210. The summed E-state index contributed by atoms with van der Waals surface area (Å²) < 4.78 is 2.14. The number of phenolic OH excluding ortho intramolecular Hbond substituents is 1. The van der Waals surface area contributed by atoms with Gasteiger partial charge in [0.2, 0.25) is 5.13 Å². The van der Waals surface area contributed by atoms with Crippen LogP contribution >= 0.6 is 34.4 Å². The van der Waals surface area contributed by atoms with Crippen LogP contribution in [0.25, 0.3) is 10.2 Å². The molecule has 0 spiro atoms. The Hall–Kier alpha value is -2.22. The maximum absolute atomic E-state index is 9.74. The molecule has 4 aromatic rings. The molecule has 4 rings (SSSR count). The second-order valence-electron chi connectivity index (χ2n) is 4.83. The van der Waals surface area contributed by atoms with Gasteiger partial charge >= 0.3 is 0 Å². The van der Waals surface area contributed by atoms with Crippen LogP contribution in [0.1, 0.15) is 5.56 Å². The SMILES string of the molecule is Oc1ccccc1/C=N/c1nc(Sc2nc3ccccc3s2)cs1. The molecule has 0 saturated carbocycles. The van der Waals surface area contributed by atoms with Crippen molar-refractivity contribution in [1.82, 2.24) is 9.97 Å². The highest BCUT2D eigenvalue weighted by Crippen LogP contribution is 2.36. The van der Waals surface area contributed by atoms with Gasteiger partial charge in [-0.2, -0.15) is 0 Å². The molecule has 0 unspecified atom stereocenters. The highest BCUT2D eigenvalue weighted by Gasteiger charge is 2.08. The summed E-state index contributed by atoms with van der Waals surface area (Å²) in [5, 5.41) is 13.2. The van der Waals surface area contributed by atoms with Gasteiger partial charge < -0.3 is 5.11 Å². The molecule has 1 N–H and O–H groups in total. The third-order valence-corrected chi connectivity index (χ3v) is 6.10. The van der Waals surface area contributed by atoms with Crippen molar-refractivity contribution in [1.29, 1.82) is 0 Å². The maximum atomic E-state index is 9.74. The summed E-state index contributed by atoms with van der Waals surface area (Å²) in [4.78, 5) is 13.4. The molecule has 0 aliphatic carbocycles. The van der Waals surface area contributed by atoms with Crippen LogP contribution < -0.4 is 0 Å². The van der Waals surface area contributed by atoms with Gasteiger partial charge in [-0.3, -0.25) is 0 Å². The van der Waals surface area contributed by atoms with E-state index < -0.39 is 0 Å². The van der Waals surface area contributed by atoms with Crippen LogP contribution in [-0.4, -0.2) is 21.3 Å². The number of aromatic nitrogens is 2. The number of para-hydroxylation sites is 2. The summed E-state index contributed by atoms with van der Waals surface area (Å²) >= 11 is 4.67. The number of aliphatic imine (C=N–C) groups is 1. The highest BCUT2D eigenvalue weighted by molar-refractivity contribution is 8.01. The van der Waals surface area contributed by atoms with Crippen molar-refractivity contribution < 1.29 is 5.11 Å². The topological polar surface area (TPSA) is 58.4 Å². The summed E-state index contributed by atoms with van der Waals surface area (Å²) in [7, 11) is 0. The lowest BCUT2D eigenvalue weighted by Crippen LogP contribution is -1.80. The second-order valence-corrected chi connectivity index (χ2v) is 7.97. The van der Waals surface area contributed by atoms with E-state index in [0.29, 0.717) is 10.7 Å². The first-order valence-electron chi connectivity index (χ1n) is 7.09. The Balaban J connectivity index is 1.51. The van der Waals surface area contributed by atoms with Crippen molar-refractivity contribution in [3.8, 4) is 5.75 Å². The Labute approximate surface area is 150 Å². The average molecular weight is 369 g/mol. The van der Waals surface area contributed by atoms with Crippen LogP contribution in [0, 0.1) is 0 Å². The van der Waals surface area contributed by atoms with Gasteiger partial charge in [-0.25, -0.2) is 15.0 Å². The van der Waals surface area contributed by atoms with Crippen LogP contribution in [0.15, 0.2) is 68.3 Å². The number of rotatable bonds is 4. The molecule has 0 fully saturated rings. The molecule has 24 heavy (non-hydrogen) atoms. The molecule has 0 bridgehead atoms. The van der Waals surface area contributed by atoms with E-state index in [1.165, 1.54) is 16.0 Å². The molecule has 2 aromatic heterocycles. The normalized spacial score (nSPS) is 11.5. The molecule has 0 atom stereocenters. The van der Waals surface area contributed by atoms with E-state index in [1.54, 1.807) is 41.4 Å². The van der Waals surface area contributed by atoms with Gasteiger partial charge in [-0.15, -0.1) is 22.7 Å².